The minimum atomic E-state index is -1.34. The Bertz CT molecular complexity index is 445. The lowest BCUT2D eigenvalue weighted by Gasteiger charge is -2.40. The van der Waals surface area contributed by atoms with Crippen molar-refractivity contribution >= 4 is 0 Å². The number of hydrogen-bond acceptors (Lipinski definition) is 5. The number of aryl methyl sites for hydroxylation is 2. The quantitative estimate of drug-likeness (QED) is 0.597. The van der Waals surface area contributed by atoms with E-state index in [2.05, 4.69) is 0 Å². The van der Waals surface area contributed by atoms with Crippen molar-refractivity contribution in [2.45, 2.75) is 44.4 Å². The van der Waals surface area contributed by atoms with Crippen molar-refractivity contribution in [1.29, 1.82) is 0 Å². The number of benzene rings is 1. The van der Waals surface area contributed by atoms with Crippen LogP contribution in [0.25, 0.3) is 0 Å². The summed E-state index contributed by atoms with van der Waals surface area (Å²) in [6, 6.07) is 5.60. The zero-order valence-corrected chi connectivity index (χ0v) is 11.0. The molecule has 19 heavy (non-hydrogen) atoms. The summed E-state index contributed by atoms with van der Waals surface area (Å²) in [7, 11) is 0. The molecule has 1 aromatic rings. The first-order valence-corrected chi connectivity index (χ1v) is 6.33. The van der Waals surface area contributed by atoms with Gasteiger partial charge in [0.1, 0.15) is 30.5 Å². The predicted molar refractivity (Wildman–Crippen MR) is 68.6 cm³/mol. The Balaban J connectivity index is 2.29. The largest absolute Gasteiger partial charge is 0.394 e. The maximum atomic E-state index is 10.0. The van der Waals surface area contributed by atoms with Crippen LogP contribution >= 0.6 is 0 Å². The van der Waals surface area contributed by atoms with E-state index in [9.17, 15) is 15.3 Å². The predicted octanol–water partition coefficient (Wildman–Crippen LogP) is -0.182. The van der Waals surface area contributed by atoms with Gasteiger partial charge in [0.05, 0.1) is 6.61 Å². The minimum Gasteiger partial charge on any atom is -0.394 e. The smallest absolute Gasteiger partial charge is 0.113 e. The van der Waals surface area contributed by atoms with E-state index in [0.29, 0.717) is 0 Å². The standard InChI is InChI=1S/C14H20O5/c1-7-3-4-9(5-8(7)2)14-13(18)12(17)11(16)10(6-15)19-14/h3-5,10-18H,6H2,1-2H3. The van der Waals surface area contributed by atoms with Crippen LogP contribution in [0.4, 0.5) is 0 Å². The highest BCUT2D eigenvalue weighted by atomic mass is 16.5. The SMILES string of the molecule is Cc1ccc(C2OC(CO)C(O)C(O)C2O)cc1C. The number of hydrogen-bond donors (Lipinski definition) is 4. The molecule has 1 aliphatic heterocycles. The average molecular weight is 268 g/mol. The van der Waals surface area contributed by atoms with Crippen LogP contribution in [0.3, 0.4) is 0 Å². The Labute approximate surface area is 112 Å². The van der Waals surface area contributed by atoms with Gasteiger partial charge in [-0.25, -0.2) is 0 Å². The van der Waals surface area contributed by atoms with Gasteiger partial charge in [0.15, 0.2) is 0 Å². The van der Waals surface area contributed by atoms with Crippen LogP contribution in [0.2, 0.25) is 0 Å². The van der Waals surface area contributed by atoms with Crippen molar-refractivity contribution in [3.8, 4) is 0 Å². The Morgan fingerprint density at radius 3 is 2.26 bits per heavy atom. The lowest BCUT2D eigenvalue weighted by Crippen LogP contribution is -2.55. The molecule has 1 aromatic carbocycles. The first kappa shape index (κ1) is 14.4. The van der Waals surface area contributed by atoms with Gasteiger partial charge >= 0.3 is 0 Å². The molecule has 4 N–H and O–H groups in total. The highest BCUT2D eigenvalue weighted by Crippen LogP contribution is 2.32. The maximum Gasteiger partial charge on any atom is 0.113 e. The molecule has 0 aliphatic carbocycles. The number of ether oxygens (including phenoxy) is 1. The zero-order valence-electron chi connectivity index (χ0n) is 11.0. The summed E-state index contributed by atoms with van der Waals surface area (Å²) in [5.41, 5.74) is 2.89. The van der Waals surface area contributed by atoms with Gasteiger partial charge in [0.25, 0.3) is 0 Å². The monoisotopic (exact) mass is 268 g/mol. The average Bonchev–Trinajstić information content (AvgIpc) is 2.40. The van der Waals surface area contributed by atoms with Crippen LogP contribution in [0, 0.1) is 13.8 Å². The molecule has 0 radical (unpaired) electrons. The van der Waals surface area contributed by atoms with E-state index in [0.717, 1.165) is 16.7 Å². The fourth-order valence-electron chi connectivity index (χ4n) is 2.32. The molecule has 1 aliphatic rings. The highest BCUT2D eigenvalue weighted by molar-refractivity contribution is 5.32. The summed E-state index contributed by atoms with van der Waals surface area (Å²) >= 11 is 0. The molecule has 1 heterocycles. The molecule has 106 valence electrons. The van der Waals surface area contributed by atoms with E-state index < -0.39 is 37.1 Å². The van der Waals surface area contributed by atoms with Gasteiger partial charge in [-0.1, -0.05) is 18.2 Å². The van der Waals surface area contributed by atoms with Crippen LogP contribution in [-0.4, -0.2) is 51.4 Å². The summed E-state index contributed by atoms with van der Waals surface area (Å²) in [4.78, 5) is 0. The molecule has 0 amide bonds. The minimum absolute atomic E-state index is 0.410. The Morgan fingerprint density at radius 1 is 1.00 bits per heavy atom. The molecule has 5 atom stereocenters. The van der Waals surface area contributed by atoms with Gasteiger partial charge in [0.2, 0.25) is 0 Å². The van der Waals surface area contributed by atoms with Crippen molar-refractivity contribution in [3.05, 3.63) is 34.9 Å². The third-order valence-corrected chi connectivity index (χ3v) is 3.75. The maximum absolute atomic E-state index is 10.0. The highest BCUT2D eigenvalue weighted by Gasteiger charge is 2.43. The van der Waals surface area contributed by atoms with Crippen LogP contribution in [-0.2, 0) is 4.74 Å². The van der Waals surface area contributed by atoms with Gasteiger partial charge in [-0.2, -0.15) is 0 Å². The van der Waals surface area contributed by atoms with Gasteiger partial charge < -0.3 is 25.2 Å². The molecule has 0 bridgehead atoms. The topological polar surface area (TPSA) is 90.2 Å². The van der Waals surface area contributed by atoms with Gasteiger partial charge in [0, 0.05) is 0 Å². The zero-order chi connectivity index (χ0) is 14.2. The van der Waals surface area contributed by atoms with Gasteiger partial charge in [-0.05, 0) is 30.5 Å². The van der Waals surface area contributed by atoms with Gasteiger partial charge in [-0.3, -0.25) is 0 Å². The molecule has 1 saturated heterocycles. The van der Waals surface area contributed by atoms with Gasteiger partial charge in [-0.15, -0.1) is 0 Å². The third-order valence-electron chi connectivity index (χ3n) is 3.75. The molecule has 0 spiro atoms. The van der Waals surface area contributed by atoms with Crippen molar-refractivity contribution in [2.75, 3.05) is 6.61 Å². The summed E-state index contributed by atoms with van der Waals surface area (Å²) < 4.78 is 5.50. The summed E-state index contributed by atoms with van der Waals surface area (Å²) in [6.07, 6.45) is -5.50. The molecule has 5 unspecified atom stereocenters. The first-order valence-electron chi connectivity index (χ1n) is 6.33. The van der Waals surface area contributed by atoms with Crippen molar-refractivity contribution in [3.63, 3.8) is 0 Å². The molecule has 5 heteroatoms. The van der Waals surface area contributed by atoms with Crippen molar-refractivity contribution in [1.82, 2.24) is 0 Å². The number of rotatable bonds is 2. The molecular formula is C14H20O5. The second-order valence-electron chi connectivity index (χ2n) is 5.09. The van der Waals surface area contributed by atoms with E-state index in [1.54, 1.807) is 0 Å². The van der Waals surface area contributed by atoms with E-state index in [1.165, 1.54) is 0 Å². The second-order valence-corrected chi connectivity index (χ2v) is 5.09. The lowest BCUT2D eigenvalue weighted by atomic mass is 9.90. The normalized spacial score (nSPS) is 35.4. The molecule has 2 rings (SSSR count). The van der Waals surface area contributed by atoms with Crippen LogP contribution < -0.4 is 0 Å². The first-order chi connectivity index (χ1) is 8.95. The van der Waals surface area contributed by atoms with Crippen molar-refractivity contribution < 1.29 is 25.2 Å². The Morgan fingerprint density at radius 2 is 1.68 bits per heavy atom. The third kappa shape index (κ3) is 2.66. The Kier molecular flexibility index (Phi) is 4.23. The molecule has 1 fully saturated rings. The second kappa shape index (κ2) is 5.56. The fraction of sp³-hybridized carbons (Fsp3) is 0.571. The molecular weight excluding hydrogens is 248 g/mol. The summed E-state index contributed by atoms with van der Waals surface area (Å²) in [5, 5.41) is 38.7. The van der Waals surface area contributed by atoms with Crippen LogP contribution in [0.5, 0.6) is 0 Å². The lowest BCUT2D eigenvalue weighted by molar-refractivity contribution is -0.231. The molecule has 5 nitrogen and oxygen atoms in total. The van der Waals surface area contributed by atoms with E-state index in [-0.39, 0.29) is 0 Å². The number of aliphatic hydroxyl groups excluding tert-OH is 4. The van der Waals surface area contributed by atoms with E-state index in [4.69, 9.17) is 9.84 Å². The summed E-state index contributed by atoms with van der Waals surface area (Å²) in [6.45, 7) is 3.52. The van der Waals surface area contributed by atoms with Crippen molar-refractivity contribution in [2.24, 2.45) is 0 Å². The van der Waals surface area contributed by atoms with Crippen LogP contribution in [0.1, 0.15) is 22.8 Å². The molecule has 0 saturated carbocycles. The Hall–Kier alpha value is -0.980. The summed E-state index contributed by atoms with van der Waals surface area (Å²) in [5.74, 6) is 0. The van der Waals surface area contributed by atoms with E-state index in [1.807, 2.05) is 32.0 Å². The fourth-order valence-corrected chi connectivity index (χ4v) is 2.32. The molecule has 0 aromatic heterocycles. The van der Waals surface area contributed by atoms with Crippen LogP contribution in [0.15, 0.2) is 18.2 Å². The number of aliphatic hydroxyl groups is 4. The van der Waals surface area contributed by atoms with E-state index >= 15 is 0 Å².